The van der Waals surface area contributed by atoms with Crippen LogP contribution in [-0.2, 0) is 6.42 Å². The van der Waals surface area contributed by atoms with Crippen molar-refractivity contribution in [1.29, 1.82) is 0 Å². The van der Waals surface area contributed by atoms with Crippen LogP contribution in [0.5, 0.6) is 5.75 Å². The smallest absolute Gasteiger partial charge is 0.118 e. The highest BCUT2D eigenvalue weighted by Crippen LogP contribution is 2.34. The summed E-state index contributed by atoms with van der Waals surface area (Å²) in [5, 5.41) is 10.7. The number of nitrogens with one attached hydrogen (secondary N) is 3. The second-order valence-corrected chi connectivity index (χ2v) is 9.29. The van der Waals surface area contributed by atoms with Crippen molar-refractivity contribution in [2.75, 3.05) is 19.0 Å². The van der Waals surface area contributed by atoms with Crippen molar-refractivity contribution in [3.63, 3.8) is 0 Å². The molecule has 1 aliphatic rings. The maximum Gasteiger partial charge on any atom is 0.118 e. The van der Waals surface area contributed by atoms with Gasteiger partial charge in [-0.1, -0.05) is 64.3 Å². The largest absolute Gasteiger partial charge is 0.497 e. The third kappa shape index (κ3) is 7.76. The molecule has 4 nitrogen and oxygen atoms in total. The zero-order valence-corrected chi connectivity index (χ0v) is 22.4. The van der Waals surface area contributed by atoms with Crippen molar-refractivity contribution in [2.45, 2.75) is 70.2 Å². The molecule has 2 aromatic carbocycles. The first-order valence-electron chi connectivity index (χ1n) is 12.5. The van der Waals surface area contributed by atoms with Crippen molar-refractivity contribution < 1.29 is 4.74 Å². The van der Waals surface area contributed by atoms with E-state index in [9.17, 15) is 0 Å². The Balaban J connectivity index is 0.00000199. The Morgan fingerprint density at radius 3 is 2.41 bits per heavy atom. The number of para-hydroxylation sites is 1. The summed E-state index contributed by atoms with van der Waals surface area (Å²) < 4.78 is 5.24. The molecule has 0 bridgehead atoms. The van der Waals surface area contributed by atoms with Gasteiger partial charge in [-0.3, -0.25) is 0 Å². The molecule has 0 saturated carbocycles. The molecule has 0 amide bonds. The molecule has 34 heavy (non-hydrogen) atoms. The number of hydrogen-bond donors (Lipinski definition) is 4. The van der Waals surface area contributed by atoms with Gasteiger partial charge in [0.1, 0.15) is 5.75 Å². The second kappa shape index (κ2) is 14.0. The molecule has 5 heteroatoms. The van der Waals surface area contributed by atoms with E-state index in [1.807, 2.05) is 26.0 Å². The van der Waals surface area contributed by atoms with Crippen LogP contribution in [0.4, 0.5) is 5.69 Å². The summed E-state index contributed by atoms with van der Waals surface area (Å²) in [6.45, 7) is 18.0. The van der Waals surface area contributed by atoms with Crippen LogP contribution in [0.1, 0.15) is 57.6 Å². The zero-order chi connectivity index (χ0) is 25.1. The maximum absolute atomic E-state index is 5.24. The first-order chi connectivity index (χ1) is 16.4. The maximum atomic E-state index is 5.24. The summed E-state index contributed by atoms with van der Waals surface area (Å²) in [6.07, 6.45) is 2.79. The van der Waals surface area contributed by atoms with Crippen LogP contribution >= 0.6 is 12.6 Å². The summed E-state index contributed by atoms with van der Waals surface area (Å²) in [5.74, 6) is 1.39. The highest BCUT2D eigenvalue weighted by Gasteiger charge is 2.24. The van der Waals surface area contributed by atoms with Gasteiger partial charge < -0.3 is 20.7 Å². The van der Waals surface area contributed by atoms with E-state index >= 15 is 0 Å². The zero-order valence-electron chi connectivity index (χ0n) is 21.5. The molecular weight excluding hydrogens is 438 g/mol. The van der Waals surface area contributed by atoms with Crippen LogP contribution in [-0.4, -0.2) is 31.0 Å². The van der Waals surface area contributed by atoms with Gasteiger partial charge in [0.2, 0.25) is 0 Å². The van der Waals surface area contributed by atoms with E-state index in [0.29, 0.717) is 12.0 Å². The molecular formula is C29H43N3OS. The van der Waals surface area contributed by atoms with E-state index in [1.54, 1.807) is 7.11 Å². The molecule has 0 radical (unpaired) electrons. The predicted molar refractivity (Wildman–Crippen MR) is 151 cm³/mol. The van der Waals surface area contributed by atoms with Gasteiger partial charge in [-0.2, -0.15) is 12.6 Å². The molecule has 1 heterocycles. The molecule has 0 spiro atoms. The summed E-state index contributed by atoms with van der Waals surface area (Å²) in [6, 6.07) is 17.2. The molecule has 186 valence electrons. The summed E-state index contributed by atoms with van der Waals surface area (Å²) in [5.41, 5.74) is 5.81. The van der Waals surface area contributed by atoms with Gasteiger partial charge in [0.05, 0.1) is 13.2 Å². The van der Waals surface area contributed by atoms with Crippen LogP contribution in [0.25, 0.3) is 0 Å². The molecule has 3 rings (SSSR count). The van der Waals surface area contributed by atoms with E-state index in [-0.39, 0.29) is 11.3 Å². The minimum atomic E-state index is 0.0173. The van der Waals surface area contributed by atoms with Crippen molar-refractivity contribution >= 4 is 18.3 Å². The standard InChI is InChI=1S/C27H37N3OS.C2H6/c1-6-25(30-20(4)27(32)16-21-11-13-23(31-5)14-12-21)19(3)29-18(2)15-22-17-28-26-10-8-7-9-24(22)26;1-2/h7-14,18,22,25,27-30,32H,3-4,6,15-17H2,1-2,5H3;1-2H3/t18-,22?,25+,27+;/m1./s1. The fourth-order valence-electron chi connectivity index (χ4n) is 4.33. The number of fused-ring (bicyclic) bond motifs is 1. The summed E-state index contributed by atoms with van der Waals surface area (Å²) in [4.78, 5) is 0. The lowest BCUT2D eigenvalue weighted by Crippen LogP contribution is -2.40. The Labute approximate surface area is 212 Å². The van der Waals surface area contributed by atoms with E-state index in [0.717, 1.165) is 43.0 Å². The van der Waals surface area contributed by atoms with Gasteiger partial charge in [0.25, 0.3) is 0 Å². The van der Waals surface area contributed by atoms with E-state index < -0.39 is 0 Å². The third-order valence-electron chi connectivity index (χ3n) is 6.19. The molecule has 4 atom stereocenters. The van der Waals surface area contributed by atoms with E-state index in [1.165, 1.54) is 16.8 Å². The topological polar surface area (TPSA) is 45.3 Å². The van der Waals surface area contributed by atoms with Crippen molar-refractivity contribution in [2.24, 2.45) is 0 Å². The van der Waals surface area contributed by atoms with Crippen LogP contribution in [0.15, 0.2) is 73.1 Å². The van der Waals surface area contributed by atoms with Gasteiger partial charge in [-0.15, -0.1) is 0 Å². The number of ether oxygens (including phenoxy) is 1. The SMILES string of the molecule is C=C(N[C@H](C)CC1CNc2ccccc21)[C@H](CC)NC(=C)[C@@H](S)Cc1ccc(OC)cc1.CC. The predicted octanol–water partition coefficient (Wildman–Crippen LogP) is 6.54. The number of methoxy groups -OCH3 is 1. The average molecular weight is 482 g/mol. The summed E-state index contributed by atoms with van der Waals surface area (Å²) >= 11 is 4.79. The Morgan fingerprint density at radius 1 is 1.09 bits per heavy atom. The molecule has 1 aliphatic heterocycles. The number of anilines is 1. The van der Waals surface area contributed by atoms with Gasteiger partial charge in [0.15, 0.2) is 0 Å². The number of rotatable bonds is 12. The second-order valence-electron chi connectivity index (χ2n) is 8.67. The number of thiol groups is 1. The molecule has 0 aliphatic carbocycles. The molecule has 0 fully saturated rings. The van der Waals surface area contributed by atoms with Gasteiger partial charge >= 0.3 is 0 Å². The highest BCUT2D eigenvalue weighted by molar-refractivity contribution is 7.81. The van der Waals surface area contributed by atoms with E-state index in [2.05, 4.69) is 79.4 Å². The Morgan fingerprint density at radius 2 is 1.76 bits per heavy atom. The van der Waals surface area contributed by atoms with E-state index in [4.69, 9.17) is 17.4 Å². The summed E-state index contributed by atoms with van der Waals surface area (Å²) in [7, 11) is 1.68. The van der Waals surface area contributed by atoms with Gasteiger partial charge in [-0.25, -0.2) is 0 Å². The van der Waals surface area contributed by atoms with Gasteiger partial charge in [-0.05, 0) is 55.5 Å². The van der Waals surface area contributed by atoms with Crippen LogP contribution in [0.3, 0.4) is 0 Å². The normalized spacial score (nSPS) is 16.6. The molecule has 3 N–H and O–H groups in total. The minimum absolute atomic E-state index is 0.0173. The first kappa shape index (κ1) is 27.7. The Hall–Kier alpha value is -2.53. The number of hydrogen-bond acceptors (Lipinski definition) is 5. The third-order valence-corrected chi connectivity index (χ3v) is 6.68. The fourth-order valence-corrected chi connectivity index (χ4v) is 4.62. The average Bonchev–Trinajstić information content (AvgIpc) is 3.26. The van der Waals surface area contributed by atoms with Crippen LogP contribution in [0.2, 0.25) is 0 Å². The molecule has 1 unspecified atom stereocenters. The minimum Gasteiger partial charge on any atom is -0.497 e. The molecule has 2 aromatic rings. The van der Waals surface area contributed by atoms with Crippen molar-refractivity contribution in [1.82, 2.24) is 10.6 Å². The molecule has 0 aromatic heterocycles. The monoisotopic (exact) mass is 481 g/mol. The van der Waals surface area contributed by atoms with Crippen molar-refractivity contribution in [3.05, 3.63) is 84.2 Å². The Bertz CT molecular complexity index is 912. The molecule has 0 saturated heterocycles. The highest BCUT2D eigenvalue weighted by atomic mass is 32.1. The van der Waals surface area contributed by atoms with Gasteiger partial charge in [0, 0.05) is 40.8 Å². The van der Waals surface area contributed by atoms with Crippen molar-refractivity contribution in [3.8, 4) is 5.75 Å². The lowest BCUT2D eigenvalue weighted by atomic mass is 9.94. The Kier molecular flexibility index (Phi) is 11.4. The lowest BCUT2D eigenvalue weighted by molar-refractivity contribution is 0.414. The fraction of sp³-hybridized carbons (Fsp3) is 0.448. The van der Waals surface area contributed by atoms with Crippen LogP contribution in [0, 0.1) is 0 Å². The lowest BCUT2D eigenvalue weighted by Gasteiger charge is -2.28. The quantitative estimate of drug-likeness (QED) is 0.260. The van der Waals surface area contributed by atoms with Crippen LogP contribution < -0.4 is 20.7 Å². The first-order valence-corrected chi connectivity index (χ1v) is 13.0. The number of benzene rings is 2.